The summed E-state index contributed by atoms with van der Waals surface area (Å²) in [6, 6.07) is 12.8. The van der Waals surface area contributed by atoms with Crippen molar-refractivity contribution in [3.05, 3.63) is 70.8 Å². The molecule has 146 valence electrons. The Morgan fingerprint density at radius 2 is 1.82 bits per heavy atom. The van der Waals surface area contributed by atoms with Crippen molar-refractivity contribution in [2.75, 3.05) is 20.1 Å². The Morgan fingerprint density at radius 3 is 2.57 bits per heavy atom. The zero-order valence-electron chi connectivity index (χ0n) is 16.5. The van der Waals surface area contributed by atoms with Crippen LogP contribution >= 0.6 is 0 Å². The second-order valence-electron chi connectivity index (χ2n) is 7.05. The summed E-state index contributed by atoms with van der Waals surface area (Å²) in [6.45, 7) is 5.86. The molecule has 0 saturated heterocycles. The number of aryl methyl sites for hydroxylation is 2. The number of hydrogen-bond acceptors (Lipinski definition) is 4. The Hall–Kier alpha value is -2.86. The molecule has 0 aliphatic heterocycles. The molecule has 0 fully saturated rings. The molecule has 0 bridgehead atoms. The third-order valence-corrected chi connectivity index (χ3v) is 4.69. The first-order valence-electron chi connectivity index (χ1n) is 9.39. The molecule has 0 saturated carbocycles. The lowest BCUT2D eigenvalue weighted by Gasteiger charge is -2.17. The van der Waals surface area contributed by atoms with E-state index < -0.39 is 5.82 Å². The molecule has 5 nitrogen and oxygen atoms in total. The van der Waals surface area contributed by atoms with Crippen LogP contribution in [0.1, 0.15) is 33.7 Å². The van der Waals surface area contributed by atoms with Crippen molar-refractivity contribution < 1.29 is 9.18 Å². The summed E-state index contributed by atoms with van der Waals surface area (Å²) in [5.41, 5.74) is 3.77. The number of carbonyl (C=O) groups excluding carboxylic acids is 1. The molecule has 3 aromatic rings. The van der Waals surface area contributed by atoms with E-state index in [1.165, 1.54) is 17.7 Å². The smallest absolute Gasteiger partial charge is 0.253 e. The molecule has 1 aromatic heterocycles. The van der Waals surface area contributed by atoms with Gasteiger partial charge < -0.3 is 10.2 Å². The van der Waals surface area contributed by atoms with Crippen molar-refractivity contribution in [1.82, 2.24) is 20.2 Å². The van der Waals surface area contributed by atoms with Crippen LogP contribution in [0.25, 0.3) is 11.0 Å². The van der Waals surface area contributed by atoms with Gasteiger partial charge in [-0.05, 0) is 45.5 Å². The summed E-state index contributed by atoms with van der Waals surface area (Å²) in [4.78, 5) is 23.6. The Bertz CT molecular complexity index is 975. The standard InChI is InChI=1S/C22H25FN4O/c1-15-16(2)26-21-19(12-18(23)13-20(21)25-15)22(28)24-10-7-11-27(3)14-17-8-5-4-6-9-17/h4-6,8-9,12-13H,7,10-11,14H2,1-3H3,(H,24,28). The lowest BCUT2D eigenvalue weighted by Crippen LogP contribution is -2.28. The third-order valence-electron chi connectivity index (χ3n) is 4.69. The Balaban J connectivity index is 1.58. The lowest BCUT2D eigenvalue weighted by molar-refractivity contribution is 0.0953. The molecule has 28 heavy (non-hydrogen) atoms. The summed E-state index contributed by atoms with van der Waals surface area (Å²) in [7, 11) is 2.05. The Kier molecular flexibility index (Phi) is 6.31. The fraction of sp³-hybridized carbons (Fsp3) is 0.318. The van der Waals surface area contributed by atoms with E-state index in [0.29, 0.717) is 17.6 Å². The number of aromatic nitrogens is 2. The first-order chi connectivity index (χ1) is 13.4. The van der Waals surface area contributed by atoms with Crippen LogP contribution in [0.5, 0.6) is 0 Å². The second-order valence-corrected chi connectivity index (χ2v) is 7.05. The molecular weight excluding hydrogens is 355 g/mol. The molecule has 0 radical (unpaired) electrons. The van der Waals surface area contributed by atoms with E-state index in [-0.39, 0.29) is 11.5 Å². The molecule has 3 rings (SSSR count). The van der Waals surface area contributed by atoms with Gasteiger partial charge in [0.2, 0.25) is 0 Å². The predicted octanol–water partition coefficient (Wildman–Crippen LogP) is 3.64. The molecule has 0 unspecified atom stereocenters. The maximum atomic E-state index is 13.9. The van der Waals surface area contributed by atoms with Gasteiger partial charge in [0.25, 0.3) is 5.91 Å². The highest BCUT2D eigenvalue weighted by molar-refractivity contribution is 6.04. The lowest BCUT2D eigenvalue weighted by atomic mass is 10.1. The van der Waals surface area contributed by atoms with Crippen molar-refractivity contribution in [2.45, 2.75) is 26.8 Å². The van der Waals surface area contributed by atoms with Crippen LogP contribution in [0.15, 0.2) is 42.5 Å². The number of nitrogens with zero attached hydrogens (tertiary/aromatic N) is 3. The summed E-state index contributed by atoms with van der Waals surface area (Å²) >= 11 is 0. The zero-order valence-corrected chi connectivity index (χ0v) is 16.5. The number of carbonyl (C=O) groups is 1. The summed E-state index contributed by atoms with van der Waals surface area (Å²) in [5.74, 6) is -0.814. The summed E-state index contributed by atoms with van der Waals surface area (Å²) in [5, 5.41) is 2.87. The van der Waals surface area contributed by atoms with E-state index in [4.69, 9.17) is 0 Å². The van der Waals surface area contributed by atoms with Gasteiger partial charge in [0.1, 0.15) is 11.3 Å². The van der Waals surface area contributed by atoms with Crippen molar-refractivity contribution in [2.24, 2.45) is 0 Å². The zero-order chi connectivity index (χ0) is 20.1. The van der Waals surface area contributed by atoms with Gasteiger partial charge >= 0.3 is 0 Å². The number of amides is 1. The van der Waals surface area contributed by atoms with Gasteiger partial charge in [-0.15, -0.1) is 0 Å². The monoisotopic (exact) mass is 380 g/mol. The molecule has 2 aromatic carbocycles. The minimum absolute atomic E-state index is 0.225. The molecule has 0 spiro atoms. The van der Waals surface area contributed by atoms with Gasteiger partial charge in [-0.1, -0.05) is 30.3 Å². The van der Waals surface area contributed by atoms with Gasteiger partial charge in [0.15, 0.2) is 0 Å². The van der Waals surface area contributed by atoms with Crippen LogP contribution in [0.2, 0.25) is 0 Å². The van der Waals surface area contributed by atoms with Crippen LogP contribution in [0.4, 0.5) is 4.39 Å². The van der Waals surface area contributed by atoms with E-state index in [9.17, 15) is 9.18 Å². The molecule has 1 amide bonds. The van der Waals surface area contributed by atoms with Crippen molar-refractivity contribution >= 4 is 16.9 Å². The molecule has 0 aliphatic rings. The number of hydrogen-bond donors (Lipinski definition) is 1. The van der Waals surface area contributed by atoms with Gasteiger partial charge in [-0.3, -0.25) is 4.79 Å². The van der Waals surface area contributed by atoms with Gasteiger partial charge in [-0.2, -0.15) is 0 Å². The van der Waals surface area contributed by atoms with Gasteiger partial charge in [-0.25, -0.2) is 14.4 Å². The number of rotatable bonds is 7. The van der Waals surface area contributed by atoms with E-state index >= 15 is 0 Å². The number of nitrogens with one attached hydrogen (secondary N) is 1. The van der Waals surface area contributed by atoms with Crippen molar-refractivity contribution in [3.63, 3.8) is 0 Å². The van der Waals surface area contributed by atoms with Crippen LogP contribution in [-0.4, -0.2) is 40.9 Å². The molecule has 6 heteroatoms. The van der Waals surface area contributed by atoms with E-state index in [1.807, 2.05) is 32.0 Å². The minimum atomic E-state index is -0.488. The molecule has 1 heterocycles. The van der Waals surface area contributed by atoms with Crippen LogP contribution in [0, 0.1) is 19.7 Å². The average Bonchev–Trinajstić information content (AvgIpc) is 2.66. The normalized spacial score (nSPS) is 11.2. The average molecular weight is 380 g/mol. The Labute approximate surface area is 164 Å². The van der Waals surface area contributed by atoms with Gasteiger partial charge in [0, 0.05) is 19.2 Å². The number of halogens is 1. The summed E-state index contributed by atoms with van der Waals surface area (Å²) < 4.78 is 13.9. The maximum absolute atomic E-state index is 13.9. The summed E-state index contributed by atoms with van der Waals surface area (Å²) in [6.07, 6.45) is 0.798. The van der Waals surface area contributed by atoms with Crippen molar-refractivity contribution in [3.8, 4) is 0 Å². The molecule has 0 aliphatic carbocycles. The highest BCUT2D eigenvalue weighted by Gasteiger charge is 2.15. The third kappa shape index (κ3) is 4.89. The fourth-order valence-corrected chi connectivity index (χ4v) is 3.09. The molecule has 0 atom stereocenters. The highest BCUT2D eigenvalue weighted by atomic mass is 19.1. The number of benzene rings is 2. The second kappa shape index (κ2) is 8.89. The van der Waals surface area contributed by atoms with Crippen molar-refractivity contribution in [1.29, 1.82) is 0 Å². The van der Waals surface area contributed by atoms with Crippen LogP contribution in [-0.2, 0) is 6.54 Å². The highest BCUT2D eigenvalue weighted by Crippen LogP contribution is 2.19. The first-order valence-corrected chi connectivity index (χ1v) is 9.39. The minimum Gasteiger partial charge on any atom is -0.352 e. The predicted molar refractivity (Wildman–Crippen MR) is 109 cm³/mol. The maximum Gasteiger partial charge on any atom is 0.253 e. The van der Waals surface area contributed by atoms with E-state index in [1.54, 1.807) is 0 Å². The first kappa shape index (κ1) is 19.9. The molecular formula is C22H25FN4O. The van der Waals surface area contributed by atoms with Gasteiger partial charge in [0.05, 0.1) is 22.5 Å². The quantitative estimate of drug-likeness (QED) is 0.636. The van der Waals surface area contributed by atoms with Crippen LogP contribution in [0.3, 0.4) is 0 Å². The SMILES string of the molecule is Cc1nc2cc(F)cc(C(=O)NCCCN(C)Cc3ccccc3)c2nc1C. The largest absolute Gasteiger partial charge is 0.352 e. The topological polar surface area (TPSA) is 58.1 Å². The Morgan fingerprint density at radius 1 is 1.11 bits per heavy atom. The van der Waals surface area contributed by atoms with E-state index in [0.717, 1.165) is 30.9 Å². The van der Waals surface area contributed by atoms with E-state index in [2.05, 4.69) is 39.4 Å². The molecule has 1 N–H and O–H groups in total. The number of fused-ring (bicyclic) bond motifs is 1. The fourth-order valence-electron chi connectivity index (χ4n) is 3.09. The van der Waals surface area contributed by atoms with Crippen LogP contribution < -0.4 is 5.32 Å².